The van der Waals surface area contributed by atoms with Crippen molar-refractivity contribution in [1.82, 2.24) is 4.90 Å². The van der Waals surface area contributed by atoms with Crippen molar-refractivity contribution in [1.29, 1.82) is 0 Å². The highest BCUT2D eigenvalue weighted by Gasteiger charge is 2.30. The molecule has 2 aliphatic heterocycles. The number of hydrogen-bond acceptors (Lipinski definition) is 2. The second-order valence-electron chi connectivity index (χ2n) is 4.99. The second-order valence-corrected chi connectivity index (χ2v) is 4.99. The van der Waals surface area contributed by atoms with Gasteiger partial charge in [0, 0.05) is 24.6 Å². The van der Waals surface area contributed by atoms with E-state index in [1.54, 1.807) is 4.90 Å². The summed E-state index contributed by atoms with van der Waals surface area (Å²) >= 11 is 0. The third kappa shape index (κ3) is 2.35. The van der Waals surface area contributed by atoms with Gasteiger partial charge in [-0.05, 0) is 31.1 Å². The Balaban J connectivity index is 1.94. The summed E-state index contributed by atoms with van der Waals surface area (Å²) in [6.07, 6.45) is 5.23. The molecule has 0 aromatic heterocycles. The van der Waals surface area contributed by atoms with Gasteiger partial charge in [0.05, 0.1) is 0 Å². The molecule has 2 aliphatic rings. The number of carbonyl (C=O) groups is 1. The van der Waals surface area contributed by atoms with E-state index in [1.165, 1.54) is 18.2 Å². The van der Waals surface area contributed by atoms with Crippen molar-refractivity contribution < 1.29 is 13.6 Å². The molecule has 1 aromatic rings. The zero-order chi connectivity index (χ0) is 14.1. The number of rotatable bonds is 1. The van der Waals surface area contributed by atoms with E-state index in [0.29, 0.717) is 6.54 Å². The maximum Gasteiger partial charge on any atom is 0.277 e. The summed E-state index contributed by atoms with van der Waals surface area (Å²) in [6, 6.07) is 3.28. The molecule has 3 nitrogen and oxygen atoms in total. The molecule has 0 bridgehead atoms. The van der Waals surface area contributed by atoms with Gasteiger partial charge in [-0.25, -0.2) is 13.8 Å². The molecule has 0 radical (unpaired) electrons. The van der Waals surface area contributed by atoms with Crippen LogP contribution in [0.25, 0.3) is 6.08 Å². The molecule has 0 N–H and O–H groups in total. The topological polar surface area (TPSA) is 32.7 Å². The van der Waals surface area contributed by atoms with Gasteiger partial charge < -0.3 is 0 Å². The van der Waals surface area contributed by atoms with Crippen molar-refractivity contribution in [2.24, 2.45) is 4.99 Å². The highest BCUT2D eigenvalue weighted by atomic mass is 19.1. The molecule has 0 saturated carbocycles. The van der Waals surface area contributed by atoms with Crippen LogP contribution in [0.15, 0.2) is 28.9 Å². The molecular weight excluding hydrogens is 262 g/mol. The molecule has 1 amide bonds. The Morgan fingerprint density at radius 1 is 1.20 bits per heavy atom. The van der Waals surface area contributed by atoms with Crippen molar-refractivity contribution >= 4 is 17.8 Å². The van der Waals surface area contributed by atoms with Crippen LogP contribution in [0.1, 0.15) is 31.2 Å². The van der Waals surface area contributed by atoms with E-state index in [1.807, 2.05) is 0 Å². The van der Waals surface area contributed by atoms with Crippen LogP contribution in [0.4, 0.5) is 8.78 Å². The lowest BCUT2D eigenvalue weighted by atomic mass is 10.1. The summed E-state index contributed by atoms with van der Waals surface area (Å²) in [7, 11) is 0. The van der Waals surface area contributed by atoms with E-state index in [4.69, 9.17) is 0 Å². The maximum atomic E-state index is 13.6. The maximum absolute atomic E-state index is 13.6. The van der Waals surface area contributed by atoms with Gasteiger partial charge in [0.1, 0.15) is 23.2 Å². The first-order chi connectivity index (χ1) is 9.65. The predicted molar refractivity (Wildman–Crippen MR) is 72.0 cm³/mol. The second kappa shape index (κ2) is 5.15. The van der Waals surface area contributed by atoms with E-state index < -0.39 is 11.6 Å². The highest BCUT2D eigenvalue weighted by Crippen LogP contribution is 2.24. The molecular formula is C15H14F2N2O. The zero-order valence-electron chi connectivity index (χ0n) is 10.9. The number of amidine groups is 1. The average Bonchev–Trinajstić information content (AvgIpc) is 2.61. The van der Waals surface area contributed by atoms with E-state index >= 15 is 0 Å². The number of benzene rings is 1. The fourth-order valence-corrected chi connectivity index (χ4v) is 2.51. The van der Waals surface area contributed by atoms with Gasteiger partial charge in [0.25, 0.3) is 5.91 Å². The van der Waals surface area contributed by atoms with Gasteiger partial charge in [0.2, 0.25) is 0 Å². The van der Waals surface area contributed by atoms with Crippen molar-refractivity contribution in [3.05, 3.63) is 41.1 Å². The summed E-state index contributed by atoms with van der Waals surface area (Å²) in [4.78, 5) is 18.2. The van der Waals surface area contributed by atoms with Crippen molar-refractivity contribution in [3.8, 4) is 0 Å². The molecule has 2 heterocycles. The van der Waals surface area contributed by atoms with Crippen LogP contribution in [0, 0.1) is 11.6 Å². The number of halogens is 2. The van der Waals surface area contributed by atoms with Crippen molar-refractivity contribution in [2.45, 2.75) is 25.7 Å². The molecule has 3 rings (SSSR count). The lowest BCUT2D eigenvalue weighted by molar-refractivity contribution is -0.122. The average molecular weight is 276 g/mol. The Morgan fingerprint density at radius 2 is 2.05 bits per heavy atom. The van der Waals surface area contributed by atoms with Crippen LogP contribution in [0.5, 0.6) is 0 Å². The van der Waals surface area contributed by atoms with Gasteiger partial charge in [-0.3, -0.25) is 9.69 Å². The number of hydrogen-bond donors (Lipinski definition) is 0. The summed E-state index contributed by atoms with van der Waals surface area (Å²) in [5.74, 6) is -0.748. The minimum Gasteiger partial charge on any atom is -0.295 e. The smallest absolute Gasteiger partial charge is 0.277 e. The number of aliphatic imine (C=N–C) groups is 1. The zero-order valence-corrected chi connectivity index (χ0v) is 10.9. The quantitative estimate of drug-likeness (QED) is 0.725. The lowest BCUT2D eigenvalue weighted by Gasteiger charge is -2.14. The third-order valence-corrected chi connectivity index (χ3v) is 3.56. The van der Waals surface area contributed by atoms with Crippen LogP contribution in [-0.2, 0) is 4.79 Å². The first-order valence-corrected chi connectivity index (χ1v) is 6.71. The number of fused-ring (bicyclic) bond motifs is 1. The molecule has 0 spiro atoms. The Kier molecular flexibility index (Phi) is 3.34. The monoisotopic (exact) mass is 276 g/mol. The molecule has 20 heavy (non-hydrogen) atoms. The minimum absolute atomic E-state index is 0.178. The summed E-state index contributed by atoms with van der Waals surface area (Å²) in [5.41, 5.74) is 0.407. The lowest BCUT2D eigenvalue weighted by Crippen LogP contribution is -2.31. The molecule has 1 saturated heterocycles. The van der Waals surface area contributed by atoms with Crippen molar-refractivity contribution in [3.63, 3.8) is 0 Å². The standard InChI is InChI=1S/C15H14F2N2O/c16-11-6-5-10(12(17)9-11)8-13-15(20)19-7-3-1-2-4-14(19)18-13/h5-6,8-9H,1-4,7H2/b13-8-. The first-order valence-electron chi connectivity index (χ1n) is 6.71. The van der Waals surface area contributed by atoms with Crippen LogP contribution in [-0.4, -0.2) is 23.2 Å². The molecule has 1 aromatic carbocycles. The fourth-order valence-electron chi connectivity index (χ4n) is 2.51. The molecule has 0 aliphatic carbocycles. The molecule has 1 fully saturated rings. The van der Waals surface area contributed by atoms with Crippen molar-refractivity contribution in [2.75, 3.05) is 6.54 Å². The van der Waals surface area contributed by atoms with Crippen LogP contribution < -0.4 is 0 Å². The summed E-state index contributed by atoms with van der Waals surface area (Å²) in [6.45, 7) is 0.668. The fraction of sp³-hybridized carbons (Fsp3) is 0.333. The van der Waals surface area contributed by atoms with E-state index in [-0.39, 0.29) is 17.2 Å². The highest BCUT2D eigenvalue weighted by molar-refractivity contribution is 6.14. The van der Waals surface area contributed by atoms with E-state index in [9.17, 15) is 13.6 Å². The van der Waals surface area contributed by atoms with Crippen LogP contribution in [0.3, 0.4) is 0 Å². The van der Waals surface area contributed by atoms with Gasteiger partial charge in [-0.15, -0.1) is 0 Å². The molecule has 0 unspecified atom stereocenters. The minimum atomic E-state index is -0.687. The van der Waals surface area contributed by atoms with Gasteiger partial charge >= 0.3 is 0 Å². The Hall–Kier alpha value is -2.04. The number of nitrogens with zero attached hydrogens (tertiary/aromatic N) is 2. The summed E-state index contributed by atoms with van der Waals surface area (Å²) in [5, 5.41) is 0. The van der Waals surface area contributed by atoms with Gasteiger partial charge in [0.15, 0.2) is 0 Å². The SMILES string of the molecule is O=C1/C(=C/c2ccc(F)cc2F)N=C2CCCCCN12. The van der Waals surface area contributed by atoms with Crippen LogP contribution >= 0.6 is 0 Å². The number of amides is 1. The molecule has 104 valence electrons. The molecule has 0 atom stereocenters. The molecule has 5 heteroatoms. The van der Waals surface area contributed by atoms with Gasteiger partial charge in [-0.1, -0.05) is 6.42 Å². The van der Waals surface area contributed by atoms with Crippen LogP contribution in [0.2, 0.25) is 0 Å². The Morgan fingerprint density at radius 3 is 2.85 bits per heavy atom. The predicted octanol–water partition coefficient (Wildman–Crippen LogP) is 3.12. The summed E-state index contributed by atoms with van der Waals surface area (Å²) < 4.78 is 26.5. The van der Waals surface area contributed by atoms with E-state index in [2.05, 4.69) is 4.99 Å². The van der Waals surface area contributed by atoms with E-state index in [0.717, 1.165) is 37.6 Å². The largest absolute Gasteiger partial charge is 0.295 e. The Labute approximate surface area is 115 Å². The van der Waals surface area contributed by atoms with Gasteiger partial charge in [-0.2, -0.15) is 0 Å². The normalized spacial score (nSPS) is 20.9. The first kappa shape index (κ1) is 13.0. The third-order valence-electron chi connectivity index (χ3n) is 3.56. The Bertz CT molecular complexity index is 622. The number of carbonyl (C=O) groups excluding carboxylic acids is 1.